The minimum absolute atomic E-state index is 0.0830. The number of ether oxygens (including phenoxy) is 1. The van der Waals surface area contributed by atoms with Crippen molar-refractivity contribution in [3.8, 4) is 5.75 Å². The molecule has 0 bridgehead atoms. The fourth-order valence-corrected chi connectivity index (χ4v) is 4.35. The zero-order valence-corrected chi connectivity index (χ0v) is 18.7. The Kier molecular flexibility index (Phi) is 6.45. The van der Waals surface area contributed by atoms with Gasteiger partial charge in [0.15, 0.2) is 6.10 Å². The van der Waals surface area contributed by atoms with Gasteiger partial charge in [0.05, 0.1) is 6.04 Å². The third kappa shape index (κ3) is 5.01. The summed E-state index contributed by atoms with van der Waals surface area (Å²) in [6.45, 7) is 8.37. The molecule has 1 N–H and O–H groups in total. The molecule has 1 saturated heterocycles. The minimum atomic E-state index is -0.581. The molecule has 0 unspecified atom stereocenters. The van der Waals surface area contributed by atoms with E-state index in [0.29, 0.717) is 0 Å². The highest BCUT2D eigenvalue weighted by atomic mass is 16.5. The zero-order chi connectivity index (χ0) is 21.8. The first-order valence-corrected chi connectivity index (χ1v) is 11.3. The highest BCUT2D eigenvalue weighted by molar-refractivity contribution is 5.89. The molecule has 0 aromatic heterocycles. The van der Waals surface area contributed by atoms with Crippen LogP contribution in [0.3, 0.4) is 0 Å². The van der Waals surface area contributed by atoms with Gasteiger partial charge in [-0.05, 0) is 61.8 Å². The van der Waals surface area contributed by atoms with E-state index < -0.39 is 6.10 Å². The largest absolute Gasteiger partial charge is 0.480 e. The predicted octanol–water partition coefficient (Wildman–Crippen LogP) is 5.72. The molecule has 31 heavy (non-hydrogen) atoms. The Hall–Kier alpha value is -3.01. The third-order valence-corrected chi connectivity index (χ3v) is 6.20. The molecule has 3 atom stereocenters. The van der Waals surface area contributed by atoms with E-state index in [-0.39, 0.29) is 11.9 Å². The zero-order valence-electron chi connectivity index (χ0n) is 18.7. The van der Waals surface area contributed by atoms with E-state index in [4.69, 9.17) is 4.74 Å². The number of nitrogens with zero attached hydrogens (tertiary/aromatic N) is 1. The van der Waals surface area contributed by atoms with Gasteiger partial charge in [0.1, 0.15) is 5.75 Å². The number of nitrogens with one attached hydrogen (secondary N) is 1. The van der Waals surface area contributed by atoms with Gasteiger partial charge in [-0.1, -0.05) is 55.5 Å². The lowest BCUT2D eigenvalue weighted by atomic mass is 9.99. The average Bonchev–Trinajstić information content (AvgIpc) is 2.79. The Morgan fingerprint density at radius 2 is 1.77 bits per heavy atom. The Bertz CT molecular complexity index is 1030. The molecular formula is C27H32N2O2. The van der Waals surface area contributed by atoms with E-state index in [1.807, 2.05) is 49.4 Å². The summed E-state index contributed by atoms with van der Waals surface area (Å²) in [6, 6.07) is 22.5. The van der Waals surface area contributed by atoms with Crippen LogP contribution in [0.25, 0.3) is 10.8 Å². The van der Waals surface area contributed by atoms with E-state index in [1.165, 1.54) is 18.5 Å². The van der Waals surface area contributed by atoms with Crippen molar-refractivity contribution in [1.82, 2.24) is 5.32 Å². The summed E-state index contributed by atoms with van der Waals surface area (Å²) in [7, 11) is 0. The van der Waals surface area contributed by atoms with Gasteiger partial charge in [-0.3, -0.25) is 4.79 Å². The lowest BCUT2D eigenvalue weighted by Crippen LogP contribution is -2.37. The number of rotatable bonds is 6. The molecule has 162 valence electrons. The number of fused-ring (bicyclic) bond motifs is 1. The summed E-state index contributed by atoms with van der Waals surface area (Å²) in [5, 5.41) is 5.21. The summed E-state index contributed by atoms with van der Waals surface area (Å²) in [4.78, 5) is 15.2. The molecule has 0 spiro atoms. The molecule has 3 aromatic carbocycles. The van der Waals surface area contributed by atoms with Crippen LogP contribution in [-0.2, 0) is 4.79 Å². The molecule has 0 saturated carbocycles. The number of hydrogen-bond acceptors (Lipinski definition) is 3. The van der Waals surface area contributed by atoms with Crippen molar-refractivity contribution in [2.45, 2.75) is 45.8 Å². The van der Waals surface area contributed by atoms with E-state index in [1.54, 1.807) is 6.92 Å². The van der Waals surface area contributed by atoms with Crippen molar-refractivity contribution in [3.05, 3.63) is 72.3 Å². The average molecular weight is 417 g/mol. The lowest BCUT2D eigenvalue weighted by Gasteiger charge is -2.33. The summed E-state index contributed by atoms with van der Waals surface area (Å²) < 4.78 is 6.02. The van der Waals surface area contributed by atoms with Crippen LogP contribution in [0.5, 0.6) is 5.75 Å². The van der Waals surface area contributed by atoms with Crippen molar-refractivity contribution in [1.29, 1.82) is 0 Å². The number of hydrogen-bond donors (Lipinski definition) is 1. The number of carbonyl (C=O) groups is 1. The second kappa shape index (κ2) is 9.42. The van der Waals surface area contributed by atoms with Gasteiger partial charge in [-0.25, -0.2) is 0 Å². The van der Waals surface area contributed by atoms with E-state index in [2.05, 4.69) is 41.4 Å². The maximum Gasteiger partial charge on any atom is 0.261 e. The van der Waals surface area contributed by atoms with Gasteiger partial charge >= 0.3 is 0 Å². The number of benzene rings is 3. The molecular weight excluding hydrogens is 384 g/mol. The molecule has 0 radical (unpaired) electrons. The molecule has 4 rings (SSSR count). The van der Waals surface area contributed by atoms with Crippen molar-refractivity contribution in [2.24, 2.45) is 5.92 Å². The molecule has 4 heteroatoms. The van der Waals surface area contributed by atoms with Gasteiger partial charge in [0, 0.05) is 24.2 Å². The van der Waals surface area contributed by atoms with Crippen LogP contribution in [0, 0.1) is 5.92 Å². The fraction of sp³-hybridized carbons (Fsp3) is 0.370. The second-order valence-electron chi connectivity index (χ2n) is 8.75. The summed E-state index contributed by atoms with van der Waals surface area (Å²) in [6.07, 6.45) is 1.99. The van der Waals surface area contributed by atoms with Crippen LogP contribution in [0.15, 0.2) is 66.7 Å². The Balaban J connectivity index is 1.37. The molecule has 1 fully saturated rings. The van der Waals surface area contributed by atoms with Crippen molar-refractivity contribution in [2.75, 3.05) is 18.0 Å². The topological polar surface area (TPSA) is 41.6 Å². The van der Waals surface area contributed by atoms with Crippen LogP contribution in [-0.4, -0.2) is 25.1 Å². The summed E-state index contributed by atoms with van der Waals surface area (Å²) in [5.41, 5.74) is 2.36. The smallest absolute Gasteiger partial charge is 0.261 e. The molecule has 1 amide bonds. The second-order valence-corrected chi connectivity index (χ2v) is 8.75. The van der Waals surface area contributed by atoms with Crippen LogP contribution in [0.4, 0.5) is 5.69 Å². The highest BCUT2D eigenvalue weighted by Crippen LogP contribution is 2.27. The van der Waals surface area contributed by atoms with Crippen LogP contribution in [0.1, 0.15) is 45.2 Å². The van der Waals surface area contributed by atoms with Crippen molar-refractivity contribution >= 4 is 22.4 Å². The fourth-order valence-electron chi connectivity index (χ4n) is 4.35. The lowest BCUT2D eigenvalue weighted by molar-refractivity contribution is -0.127. The number of piperidine rings is 1. The number of anilines is 1. The Morgan fingerprint density at radius 3 is 2.55 bits per heavy atom. The van der Waals surface area contributed by atoms with Crippen LogP contribution in [0.2, 0.25) is 0 Å². The number of carbonyl (C=O) groups excluding carboxylic acids is 1. The van der Waals surface area contributed by atoms with Crippen molar-refractivity contribution in [3.63, 3.8) is 0 Å². The quantitative estimate of drug-likeness (QED) is 0.559. The molecule has 1 heterocycles. The van der Waals surface area contributed by atoms with Crippen molar-refractivity contribution < 1.29 is 9.53 Å². The maximum atomic E-state index is 12.8. The van der Waals surface area contributed by atoms with E-state index in [0.717, 1.165) is 41.1 Å². The van der Waals surface area contributed by atoms with Crippen LogP contribution < -0.4 is 15.0 Å². The van der Waals surface area contributed by atoms with Gasteiger partial charge in [0.2, 0.25) is 0 Å². The van der Waals surface area contributed by atoms with Crippen LogP contribution >= 0.6 is 0 Å². The SMILES string of the molecule is C[C@@H]1CCCN(c2ccc([C@H](C)NC(=O)[C@@H](C)Oc3cccc4ccccc34)cc2)C1. The first kappa shape index (κ1) is 21.2. The predicted molar refractivity (Wildman–Crippen MR) is 128 cm³/mol. The van der Waals surface area contributed by atoms with Gasteiger partial charge < -0.3 is 15.0 Å². The molecule has 1 aliphatic heterocycles. The third-order valence-electron chi connectivity index (χ3n) is 6.20. The molecule has 4 nitrogen and oxygen atoms in total. The highest BCUT2D eigenvalue weighted by Gasteiger charge is 2.20. The normalized spacial score (nSPS) is 18.4. The first-order chi connectivity index (χ1) is 15.0. The monoisotopic (exact) mass is 416 g/mol. The minimum Gasteiger partial charge on any atom is -0.480 e. The molecule has 1 aliphatic rings. The summed E-state index contributed by atoms with van der Waals surface area (Å²) >= 11 is 0. The molecule has 0 aliphatic carbocycles. The maximum absolute atomic E-state index is 12.8. The Morgan fingerprint density at radius 1 is 1.03 bits per heavy atom. The van der Waals surface area contributed by atoms with E-state index >= 15 is 0 Å². The first-order valence-electron chi connectivity index (χ1n) is 11.3. The van der Waals surface area contributed by atoms with Gasteiger partial charge in [-0.15, -0.1) is 0 Å². The van der Waals surface area contributed by atoms with E-state index in [9.17, 15) is 4.79 Å². The summed E-state index contributed by atoms with van der Waals surface area (Å²) in [5.74, 6) is 1.36. The number of amides is 1. The Labute approximate surface area is 185 Å². The molecule has 3 aromatic rings. The standard InChI is InChI=1S/C27H32N2O2/c1-19-8-7-17-29(18-19)24-15-13-22(14-16-24)20(2)28-27(30)21(3)31-26-12-6-10-23-9-4-5-11-25(23)26/h4-6,9-16,19-21H,7-8,17-18H2,1-3H3,(H,28,30)/t19-,20+,21-/m1/s1. The van der Waals surface area contributed by atoms with Gasteiger partial charge in [0.25, 0.3) is 5.91 Å². The van der Waals surface area contributed by atoms with Gasteiger partial charge in [-0.2, -0.15) is 0 Å².